The Balaban J connectivity index is 1.80. The van der Waals surface area contributed by atoms with E-state index in [2.05, 4.69) is 17.6 Å². The van der Waals surface area contributed by atoms with Crippen molar-refractivity contribution in [2.24, 2.45) is 5.92 Å². The van der Waals surface area contributed by atoms with Crippen LogP contribution in [0.1, 0.15) is 45.4 Å². The minimum atomic E-state index is 0.0269. The minimum absolute atomic E-state index is 0.0269. The molecule has 2 fully saturated rings. The fourth-order valence-electron chi connectivity index (χ4n) is 3.12. The van der Waals surface area contributed by atoms with Crippen LogP contribution in [0.4, 0.5) is 0 Å². The highest BCUT2D eigenvalue weighted by Gasteiger charge is 2.30. The Morgan fingerprint density at radius 1 is 1.28 bits per heavy atom. The molecule has 18 heavy (non-hydrogen) atoms. The van der Waals surface area contributed by atoms with Gasteiger partial charge in [0.2, 0.25) is 5.91 Å². The molecule has 1 heterocycles. The van der Waals surface area contributed by atoms with E-state index in [0.717, 1.165) is 38.6 Å². The number of hydrogen-bond acceptors (Lipinski definition) is 3. The molecule has 0 unspecified atom stereocenters. The molecule has 0 bridgehead atoms. The highest BCUT2D eigenvalue weighted by atomic mass is 16.5. The molecule has 1 saturated heterocycles. The molecule has 0 aromatic rings. The fraction of sp³-hybridized carbons (Fsp3) is 0.929. The quantitative estimate of drug-likeness (QED) is 0.801. The number of nitrogens with one attached hydrogen (secondary N) is 2. The number of carbonyl (C=O) groups excluding carboxylic acids is 1. The summed E-state index contributed by atoms with van der Waals surface area (Å²) >= 11 is 0. The largest absolute Gasteiger partial charge is 0.381 e. The van der Waals surface area contributed by atoms with Gasteiger partial charge in [0.1, 0.15) is 0 Å². The molecule has 0 spiro atoms. The summed E-state index contributed by atoms with van der Waals surface area (Å²) in [6, 6.07) is 0.321. The van der Waals surface area contributed by atoms with Gasteiger partial charge in [-0.2, -0.15) is 0 Å². The van der Waals surface area contributed by atoms with Crippen molar-refractivity contribution in [3.63, 3.8) is 0 Å². The van der Waals surface area contributed by atoms with Crippen molar-refractivity contribution in [1.29, 1.82) is 0 Å². The van der Waals surface area contributed by atoms with E-state index in [1.165, 1.54) is 6.42 Å². The molecule has 0 aromatic carbocycles. The number of hydrogen-bond donors (Lipinski definition) is 2. The Bertz CT molecular complexity index is 277. The molecule has 4 nitrogen and oxygen atoms in total. The number of piperidine rings is 1. The van der Waals surface area contributed by atoms with Crippen LogP contribution in [0.5, 0.6) is 0 Å². The number of rotatable bonds is 3. The molecular formula is C14H26N2O2. The summed E-state index contributed by atoms with van der Waals surface area (Å²) < 4.78 is 5.49. The van der Waals surface area contributed by atoms with Gasteiger partial charge in [0.25, 0.3) is 0 Å². The highest BCUT2D eigenvalue weighted by Crippen LogP contribution is 2.26. The first-order valence-corrected chi connectivity index (χ1v) is 7.27. The van der Waals surface area contributed by atoms with Crippen LogP contribution < -0.4 is 10.6 Å². The Kier molecular flexibility index (Phi) is 5.01. The van der Waals surface area contributed by atoms with E-state index in [0.29, 0.717) is 18.1 Å². The first-order chi connectivity index (χ1) is 8.70. The normalized spacial score (nSPS) is 37.2. The molecule has 104 valence electrons. The number of methoxy groups -OCH3 is 1. The monoisotopic (exact) mass is 254 g/mol. The van der Waals surface area contributed by atoms with Crippen molar-refractivity contribution in [1.82, 2.24) is 10.6 Å². The Hall–Kier alpha value is -0.610. The van der Waals surface area contributed by atoms with Crippen LogP contribution in [-0.4, -0.2) is 37.7 Å². The van der Waals surface area contributed by atoms with Gasteiger partial charge in [-0.15, -0.1) is 0 Å². The van der Waals surface area contributed by atoms with E-state index in [-0.39, 0.29) is 11.9 Å². The molecule has 4 heteroatoms. The van der Waals surface area contributed by atoms with Crippen molar-refractivity contribution in [3.8, 4) is 0 Å². The molecular weight excluding hydrogens is 228 g/mol. The van der Waals surface area contributed by atoms with E-state index in [4.69, 9.17) is 4.74 Å². The maximum absolute atomic E-state index is 12.1. The Morgan fingerprint density at radius 2 is 2.11 bits per heavy atom. The SMILES string of the molecule is CO[C@H]1C[C@@H](NC(=O)[C@H]2CCCCN2)CC[C@@H]1C. The van der Waals surface area contributed by atoms with E-state index >= 15 is 0 Å². The molecule has 1 aliphatic carbocycles. The second-order valence-corrected chi connectivity index (χ2v) is 5.77. The van der Waals surface area contributed by atoms with E-state index < -0.39 is 0 Å². The third kappa shape index (κ3) is 3.45. The van der Waals surface area contributed by atoms with E-state index in [9.17, 15) is 4.79 Å². The summed E-state index contributed by atoms with van der Waals surface area (Å²) in [6.45, 7) is 3.20. The topological polar surface area (TPSA) is 50.4 Å². The lowest BCUT2D eigenvalue weighted by molar-refractivity contribution is -0.125. The summed E-state index contributed by atoms with van der Waals surface area (Å²) in [6.07, 6.45) is 6.80. The van der Waals surface area contributed by atoms with E-state index in [1.54, 1.807) is 7.11 Å². The number of amides is 1. The van der Waals surface area contributed by atoms with Gasteiger partial charge in [-0.05, 0) is 44.6 Å². The van der Waals surface area contributed by atoms with Crippen LogP contribution in [0.2, 0.25) is 0 Å². The molecule has 0 radical (unpaired) electrons. The van der Waals surface area contributed by atoms with Gasteiger partial charge in [-0.3, -0.25) is 4.79 Å². The lowest BCUT2D eigenvalue weighted by atomic mass is 9.84. The van der Waals surface area contributed by atoms with Crippen LogP contribution >= 0.6 is 0 Å². The van der Waals surface area contributed by atoms with Gasteiger partial charge in [0, 0.05) is 13.2 Å². The van der Waals surface area contributed by atoms with Gasteiger partial charge in [0.15, 0.2) is 0 Å². The van der Waals surface area contributed by atoms with Crippen LogP contribution in [0.3, 0.4) is 0 Å². The number of ether oxygens (including phenoxy) is 1. The molecule has 1 saturated carbocycles. The molecule has 2 rings (SSSR count). The Labute approximate surface area is 110 Å². The lowest BCUT2D eigenvalue weighted by Gasteiger charge is -2.34. The second-order valence-electron chi connectivity index (χ2n) is 5.77. The summed E-state index contributed by atoms with van der Waals surface area (Å²) in [5.41, 5.74) is 0. The second kappa shape index (κ2) is 6.53. The van der Waals surface area contributed by atoms with Gasteiger partial charge in [-0.25, -0.2) is 0 Å². The zero-order valence-corrected chi connectivity index (χ0v) is 11.6. The zero-order valence-electron chi connectivity index (χ0n) is 11.6. The van der Waals surface area contributed by atoms with E-state index in [1.807, 2.05) is 0 Å². The fourth-order valence-corrected chi connectivity index (χ4v) is 3.12. The average molecular weight is 254 g/mol. The third-order valence-electron chi connectivity index (χ3n) is 4.40. The van der Waals surface area contributed by atoms with Crippen molar-refractivity contribution in [2.75, 3.05) is 13.7 Å². The highest BCUT2D eigenvalue weighted by molar-refractivity contribution is 5.82. The van der Waals surface area contributed by atoms with Gasteiger partial charge >= 0.3 is 0 Å². The maximum Gasteiger partial charge on any atom is 0.237 e. The van der Waals surface area contributed by atoms with Crippen molar-refractivity contribution < 1.29 is 9.53 Å². The third-order valence-corrected chi connectivity index (χ3v) is 4.40. The van der Waals surface area contributed by atoms with Crippen molar-refractivity contribution in [2.45, 2.75) is 63.6 Å². The standard InChI is InChI=1S/C14H26N2O2/c1-10-6-7-11(9-13(10)18-2)16-14(17)12-5-3-4-8-15-12/h10-13,15H,3-9H2,1-2H3,(H,16,17)/t10-,11-,12+,13-/m0/s1. The number of carbonyl (C=O) groups is 1. The minimum Gasteiger partial charge on any atom is -0.381 e. The van der Waals surface area contributed by atoms with Crippen LogP contribution in [0, 0.1) is 5.92 Å². The van der Waals surface area contributed by atoms with Gasteiger partial charge in [-0.1, -0.05) is 13.3 Å². The average Bonchev–Trinajstić information content (AvgIpc) is 2.42. The predicted octanol–water partition coefficient (Wildman–Crippen LogP) is 1.45. The first kappa shape index (κ1) is 13.8. The smallest absolute Gasteiger partial charge is 0.237 e. The van der Waals surface area contributed by atoms with Gasteiger partial charge < -0.3 is 15.4 Å². The molecule has 2 aliphatic rings. The lowest BCUT2D eigenvalue weighted by Crippen LogP contribution is -2.51. The van der Waals surface area contributed by atoms with Crippen molar-refractivity contribution in [3.05, 3.63) is 0 Å². The van der Waals surface area contributed by atoms with Crippen LogP contribution in [-0.2, 0) is 9.53 Å². The Morgan fingerprint density at radius 3 is 2.78 bits per heavy atom. The summed E-state index contributed by atoms with van der Waals surface area (Å²) in [4.78, 5) is 12.1. The molecule has 4 atom stereocenters. The van der Waals surface area contributed by atoms with Crippen molar-refractivity contribution >= 4 is 5.91 Å². The summed E-state index contributed by atoms with van der Waals surface area (Å²) in [5, 5.41) is 6.49. The summed E-state index contributed by atoms with van der Waals surface area (Å²) in [5.74, 6) is 0.792. The summed E-state index contributed by atoms with van der Waals surface area (Å²) in [7, 11) is 1.77. The molecule has 1 amide bonds. The maximum atomic E-state index is 12.1. The van der Waals surface area contributed by atoms with Gasteiger partial charge in [0.05, 0.1) is 12.1 Å². The molecule has 2 N–H and O–H groups in total. The first-order valence-electron chi connectivity index (χ1n) is 7.27. The zero-order chi connectivity index (χ0) is 13.0. The molecule has 1 aliphatic heterocycles. The van der Waals surface area contributed by atoms with Crippen LogP contribution in [0.15, 0.2) is 0 Å². The van der Waals surface area contributed by atoms with Crippen LogP contribution in [0.25, 0.3) is 0 Å². The molecule has 0 aromatic heterocycles. The predicted molar refractivity (Wildman–Crippen MR) is 71.4 cm³/mol.